The Bertz CT molecular complexity index is 1150. The van der Waals surface area contributed by atoms with Crippen LogP contribution in [-0.2, 0) is 4.79 Å². The summed E-state index contributed by atoms with van der Waals surface area (Å²) in [7, 11) is 0. The van der Waals surface area contributed by atoms with Gasteiger partial charge in [0.25, 0.3) is 5.91 Å². The molecular weight excluding hydrogens is 423 g/mol. The fourth-order valence-electron chi connectivity index (χ4n) is 2.59. The van der Waals surface area contributed by atoms with Crippen LogP contribution >= 0.6 is 11.6 Å². The van der Waals surface area contributed by atoms with Crippen molar-refractivity contribution >= 4 is 34.7 Å². The van der Waals surface area contributed by atoms with Crippen LogP contribution in [0.15, 0.2) is 77.3 Å². The van der Waals surface area contributed by atoms with Crippen molar-refractivity contribution in [1.29, 1.82) is 5.53 Å². The van der Waals surface area contributed by atoms with Crippen molar-refractivity contribution in [3.63, 3.8) is 0 Å². The Hall–Kier alpha value is -3.98. The first kappa shape index (κ1) is 21.7. The molecule has 0 bridgehead atoms. The predicted molar refractivity (Wildman–Crippen MR) is 117 cm³/mol. The second kappa shape index (κ2) is 9.68. The zero-order valence-electron chi connectivity index (χ0n) is 16.3. The maximum atomic E-state index is 14.5. The number of nitrogens with one attached hydrogen (secondary N) is 3. The number of carbonyl (C=O) groups is 1. The summed E-state index contributed by atoms with van der Waals surface area (Å²) in [4.78, 5) is 16.3. The van der Waals surface area contributed by atoms with Crippen molar-refractivity contribution in [2.24, 2.45) is 5.11 Å². The van der Waals surface area contributed by atoms with Crippen LogP contribution in [0.4, 0.5) is 21.6 Å². The lowest BCUT2D eigenvalue weighted by Crippen LogP contribution is -2.16. The largest absolute Gasteiger partial charge is 0.453 e. The van der Waals surface area contributed by atoms with Gasteiger partial charge in [-0.15, -0.1) is 0 Å². The fourth-order valence-corrected chi connectivity index (χ4v) is 2.74. The third-order valence-corrected chi connectivity index (χ3v) is 4.46. The molecule has 0 aliphatic carbocycles. The Kier molecular flexibility index (Phi) is 6.78. The zero-order valence-corrected chi connectivity index (χ0v) is 17.1. The number of rotatable bonds is 7. The van der Waals surface area contributed by atoms with Crippen molar-refractivity contribution in [2.45, 2.75) is 6.92 Å². The molecule has 3 rings (SSSR count). The highest BCUT2D eigenvalue weighted by atomic mass is 35.5. The Labute approximate surface area is 182 Å². The van der Waals surface area contributed by atoms with E-state index in [4.69, 9.17) is 27.6 Å². The predicted octanol–water partition coefficient (Wildman–Crippen LogP) is 5.56. The van der Waals surface area contributed by atoms with Crippen LogP contribution in [0.3, 0.4) is 0 Å². The minimum absolute atomic E-state index is 0.0569. The van der Waals surface area contributed by atoms with E-state index in [1.54, 1.807) is 19.1 Å². The SMILES string of the molecule is C/C(Nc1ccccc1)=C(/N=N)C(=O)Nc1ccc(Oc2ccnc(N)c2Cl)c(F)c1. The molecule has 0 fully saturated rings. The molecular formula is C21H18ClFN6O2. The zero-order chi connectivity index (χ0) is 22.4. The van der Waals surface area contributed by atoms with Gasteiger partial charge in [-0.1, -0.05) is 29.8 Å². The van der Waals surface area contributed by atoms with Gasteiger partial charge in [-0.25, -0.2) is 14.9 Å². The van der Waals surface area contributed by atoms with Gasteiger partial charge in [0, 0.05) is 35.4 Å². The van der Waals surface area contributed by atoms with Crippen molar-refractivity contribution in [2.75, 3.05) is 16.4 Å². The molecule has 5 N–H and O–H groups in total. The third kappa shape index (κ3) is 5.34. The number of pyridine rings is 1. The second-order valence-electron chi connectivity index (χ2n) is 6.29. The normalized spacial score (nSPS) is 11.3. The van der Waals surface area contributed by atoms with E-state index in [9.17, 15) is 9.18 Å². The van der Waals surface area contributed by atoms with E-state index >= 15 is 0 Å². The van der Waals surface area contributed by atoms with E-state index in [1.807, 2.05) is 18.2 Å². The van der Waals surface area contributed by atoms with Crippen LogP contribution in [-0.4, -0.2) is 10.9 Å². The van der Waals surface area contributed by atoms with E-state index in [-0.39, 0.29) is 33.7 Å². The highest BCUT2D eigenvalue weighted by molar-refractivity contribution is 6.34. The van der Waals surface area contributed by atoms with Gasteiger partial charge < -0.3 is 21.1 Å². The van der Waals surface area contributed by atoms with Crippen molar-refractivity contribution < 1.29 is 13.9 Å². The van der Waals surface area contributed by atoms with E-state index < -0.39 is 11.7 Å². The number of nitrogens with zero attached hydrogens (tertiary/aromatic N) is 2. The van der Waals surface area contributed by atoms with Gasteiger partial charge >= 0.3 is 0 Å². The molecule has 0 saturated heterocycles. The first-order valence-electron chi connectivity index (χ1n) is 8.98. The molecule has 31 heavy (non-hydrogen) atoms. The molecule has 0 aliphatic rings. The lowest BCUT2D eigenvalue weighted by Gasteiger charge is -2.12. The van der Waals surface area contributed by atoms with Gasteiger partial charge in [0.05, 0.1) is 0 Å². The summed E-state index contributed by atoms with van der Waals surface area (Å²) in [6.07, 6.45) is 1.38. The summed E-state index contributed by atoms with van der Waals surface area (Å²) in [6.45, 7) is 1.61. The molecule has 0 atom stereocenters. The van der Waals surface area contributed by atoms with E-state index in [0.29, 0.717) is 5.70 Å². The van der Waals surface area contributed by atoms with Crippen molar-refractivity contribution in [3.8, 4) is 11.5 Å². The lowest BCUT2D eigenvalue weighted by molar-refractivity contribution is -0.113. The average Bonchev–Trinajstić information content (AvgIpc) is 2.74. The number of aromatic nitrogens is 1. The summed E-state index contributed by atoms with van der Waals surface area (Å²) in [5, 5.41) is 8.87. The molecule has 8 nitrogen and oxygen atoms in total. The fraction of sp³-hybridized carbons (Fsp3) is 0.0476. The quantitative estimate of drug-likeness (QED) is 0.282. The number of hydrogen-bond donors (Lipinski definition) is 4. The number of allylic oxidation sites excluding steroid dienone is 1. The number of ether oxygens (including phenoxy) is 1. The van der Waals surface area contributed by atoms with Crippen molar-refractivity contribution in [1.82, 2.24) is 4.98 Å². The summed E-state index contributed by atoms with van der Waals surface area (Å²) in [5.74, 6) is -1.33. The van der Waals surface area contributed by atoms with Crippen LogP contribution in [0.1, 0.15) is 6.92 Å². The Morgan fingerprint density at radius 2 is 1.87 bits per heavy atom. The molecule has 10 heteroatoms. The molecule has 0 radical (unpaired) electrons. The van der Waals surface area contributed by atoms with Gasteiger partial charge in [-0.2, -0.15) is 5.11 Å². The standard InChI is InChI=1S/C21H18ClFN6O2/c1-12(27-13-5-3-2-4-6-13)19(29-25)21(30)28-14-7-8-16(15(23)11-14)31-17-9-10-26-20(24)18(17)22/h2-11,25,27H,1H3,(H2,24,26)(H,28,30)/b19-12-,29-25?. The number of hydrogen-bond acceptors (Lipinski definition) is 7. The molecule has 1 amide bonds. The molecule has 0 spiro atoms. The van der Waals surface area contributed by atoms with E-state index in [0.717, 1.165) is 11.8 Å². The minimum Gasteiger partial charge on any atom is -0.453 e. The number of benzene rings is 2. The van der Waals surface area contributed by atoms with Crippen LogP contribution in [0.5, 0.6) is 11.5 Å². The lowest BCUT2D eigenvalue weighted by atomic mass is 10.2. The van der Waals surface area contributed by atoms with Gasteiger partial charge in [0.15, 0.2) is 23.0 Å². The summed E-state index contributed by atoms with van der Waals surface area (Å²) >= 11 is 6.00. The molecule has 2 aromatic carbocycles. The number of halogens is 2. The molecule has 0 unspecified atom stereocenters. The van der Waals surface area contributed by atoms with Gasteiger partial charge in [-0.3, -0.25) is 4.79 Å². The average molecular weight is 441 g/mol. The number of nitrogens with two attached hydrogens (primary N) is 1. The molecule has 158 valence electrons. The van der Waals surface area contributed by atoms with E-state index in [1.165, 1.54) is 24.4 Å². The van der Waals surface area contributed by atoms with Gasteiger partial charge in [0.1, 0.15) is 10.8 Å². The molecule has 0 aliphatic heterocycles. The third-order valence-electron chi connectivity index (χ3n) is 4.08. The number of para-hydroxylation sites is 1. The van der Waals surface area contributed by atoms with Crippen LogP contribution in [0.25, 0.3) is 0 Å². The van der Waals surface area contributed by atoms with Gasteiger partial charge in [0.2, 0.25) is 0 Å². The topological polar surface area (TPSA) is 125 Å². The highest BCUT2D eigenvalue weighted by Crippen LogP contribution is 2.34. The highest BCUT2D eigenvalue weighted by Gasteiger charge is 2.16. The van der Waals surface area contributed by atoms with E-state index in [2.05, 4.69) is 20.7 Å². The maximum absolute atomic E-state index is 14.5. The first-order valence-corrected chi connectivity index (χ1v) is 9.36. The Balaban J connectivity index is 1.75. The smallest absolute Gasteiger partial charge is 0.277 e. The monoisotopic (exact) mass is 440 g/mol. The Morgan fingerprint density at radius 3 is 2.55 bits per heavy atom. The second-order valence-corrected chi connectivity index (χ2v) is 6.66. The molecule has 1 aromatic heterocycles. The van der Waals surface area contributed by atoms with Crippen LogP contribution in [0, 0.1) is 11.3 Å². The number of nitrogen functional groups attached to an aromatic ring is 1. The molecule has 0 saturated carbocycles. The van der Waals surface area contributed by atoms with Gasteiger partial charge in [-0.05, 0) is 31.2 Å². The minimum atomic E-state index is -0.739. The number of anilines is 3. The van der Waals surface area contributed by atoms with Crippen molar-refractivity contribution in [3.05, 3.63) is 83.0 Å². The Morgan fingerprint density at radius 1 is 1.13 bits per heavy atom. The number of carbonyl (C=O) groups excluding carboxylic acids is 1. The number of amides is 1. The molecule has 3 aromatic rings. The summed E-state index contributed by atoms with van der Waals surface area (Å²) in [6, 6.07) is 14.4. The van der Waals surface area contributed by atoms with Crippen LogP contribution < -0.4 is 21.1 Å². The summed E-state index contributed by atoms with van der Waals surface area (Å²) in [5.41, 5.74) is 14.0. The summed E-state index contributed by atoms with van der Waals surface area (Å²) < 4.78 is 19.9. The van der Waals surface area contributed by atoms with Crippen LogP contribution in [0.2, 0.25) is 5.02 Å². The molecule has 1 heterocycles. The maximum Gasteiger partial charge on any atom is 0.277 e. The first-order chi connectivity index (χ1) is 14.9.